The molecule has 3 N–H and O–H groups in total. The van der Waals surface area contributed by atoms with E-state index in [1.165, 1.54) is 23.9 Å². The quantitative estimate of drug-likeness (QED) is 0.669. The Morgan fingerprint density at radius 3 is 2.50 bits per heavy atom. The predicted molar refractivity (Wildman–Crippen MR) is 81.2 cm³/mol. The Kier molecular flexibility index (Phi) is 4.63. The van der Waals surface area contributed by atoms with Gasteiger partial charge in [0.2, 0.25) is 5.91 Å². The number of rotatable bonds is 4. The molecule has 1 unspecified atom stereocenters. The molecule has 0 fully saturated rings. The predicted octanol–water partition coefficient (Wildman–Crippen LogP) is 3.53. The second-order valence-electron chi connectivity index (χ2n) is 4.29. The number of nitrogens with one attached hydrogen (secondary N) is 1. The fourth-order valence-electron chi connectivity index (χ4n) is 1.62. The van der Waals surface area contributed by atoms with Crippen molar-refractivity contribution in [3.63, 3.8) is 0 Å². The van der Waals surface area contributed by atoms with Crippen molar-refractivity contribution in [2.24, 2.45) is 0 Å². The molecular formula is C15H15FN2OS. The zero-order chi connectivity index (χ0) is 14.5. The molecule has 2 aromatic rings. The first-order valence-corrected chi connectivity index (χ1v) is 7.02. The maximum atomic E-state index is 12.8. The molecule has 0 aliphatic carbocycles. The molecule has 2 aromatic carbocycles. The number of nitrogen functional groups attached to an aromatic ring is 1. The summed E-state index contributed by atoms with van der Waals surface area (Å²) in [5.41, 5.74) is 6.90. The van der Waals surface area contributed by atoms with Gasteiger partial charge in [0.25, 0.3) is 0 Å². The number of anilines is 2. The third-order valence-corrected chi connectivity index (χ3v) is 3.83. The SMILES string of the molecule is CC(Sc1ccc(F)cc1)C(=O)Nc1ccccc1N. The van der Waals surface area contributed by atoms with E-state index in [0.29, 0.717) is 11.4 Å². The summed E-state index contributed by atoms with van der Waals surface area (Å²) in [7, 11) is 0. The van der Waals surface area contributed by atoms with E-state index in [-0.39, 0.29) is 17.0 Å². The van der Waals surface area contributed by atoms with Crippen molar-refractivity contribution in [2.45, 2.75) is 17.1 Å². The van der Waals surface area contributed by atoms with E-state index < -0.39 is 0 Å². The highest BCUT2D eigenvalue weighted by atomic mass is 32.2. The van der Waals surface area contributed by atoms with E-state index in [2.05, 4.69) is 5.32 Å². The highest BCUT2D eigenvalue weighted by Gasteiger charge is 2.15. The molecule has 1 atom stereocenters. The van der Waals surface area contributed by atoms with E-state index in [1.54, 1.807) is 31.2 Å². The maximum absolute atomic E-state index is 12.8. The van der Waals surface area contributed by atoms with Crippen LogP contribution in [0.4, 0.5) is 15.8 Å². The van der Waals surface area contributed by atoms with Gasteiger partial charge in [-0.15, -0.1) is 11.8 Å². The Morgan fingerprint density at radius 2 is 1.85 bits per heavy atom. The van der Waals surface area contributed by atoms with Crippen molar-refractivity contribution in [3.05, 3.63) is 54.3 Å². The molecule has 5 heteroatoms. The number of hydrogen-bond acceptors (Lipinski definition) is 3. The van der Waals surface area contributed by atoms with Gasteiger partial charge >= 0.3 is 0 Å². The molecule has 0 aromatic heterocycles. The van der Waals surface area contributed by atoms with Gasteiger partial charge in [0.15, 0.2) is 0 Å². The smallest absolute Gasteiger partial charge is 0.237 e. The maximum Gasteiger partial charge on any atom is 0.237 e. The van der Waals surface area contributed by atoms with Crippen LogP contribution in [0.25, 0.3) is 0 Å². The molecule has 3 nitrogen and oxygen atoms in total. The zero-order valence-corrected chi connectivity index (χ0v) is 11.8. The van der Waals surface area contributed by atoms with E-state index in [4.69, 9.17) is 5.73 Å². The number of benzene rings is 2. The first kappa shape index (κ1) is 14.4. The molecule has 0 aliphatic heterocycles. The van der Waals surface area contributed by atoms with Crippen molar-refractivity contribution in [3.8, 4) is 0 Å². The van der Waals surface area contributed by atoms with Crippen molar-refractivity contribution < 1.29 is 9.18 Å². The number of thioether (sulfide) groups is 1. The number of halogens is 1. The second kappa shape index (κ2) is 6.43. The van der Waals surface area contributed by atoms with Gasteiger partial charge in [-0.3, -0.25) is 4.79 Å². The molecule has 0 bridgehead atoms. The summed E-state index contributed by atoms with van der Waals surface area (Å²) >= 11 is 1.37. The summed E-state index contributed by atoms with van der Waals surface area (Å²) < 4.78 is 12.8. The fraction of sp³-hybridized carbons (Fsp3) is 0.133. The molecule has 0 heterocycles. The summed E-state index contributed by atoms with van der Waals surface area (Å²) in [6.07, 6.45) is 0. The van der Waals surface area contributed by atoms with E-state index in [9.17, 15) is 9.18 Å². The van der Waals surface area contributed by atoms with Crippen molar-refractivity contribution in [2.75, 3.05) is 11.1 Å². The number of para-hydroxylation sites is 2. The minimum atomic E-state index is -0.305. The van der Waals surface area contributed by atoms with Crippen molar-refractivity contribution in [1.82, 2.24) is 0 Å². The highest BCUT2D eigenvalue weighted by molar-refractivity contribution is 8.00. The Balaban J connectivity index is 1.99. The number of amides is 1. The lowest BCUT2D eigenvalue weighted by molar-refractivity contribution is -0.115. The van der Waals surface area contributed by atoms with E-state index in [0.717, 1.165) is 4.90 Å². The molecule has 0 saturated carbocycles. The van der Waals surface area contributed by atoms with Crippen LogP contribution in [0.1, 0.15) is 6.92 Å². The molecule has 0 aliphatic rings. The van der Waals surface area contributed by atoms with Gasteiger partial charge in [-0.05, 0) is 43.3 Å². The Hall–Kier alpha value is -2.01. The van der Waals surface area contributed by atoms with Crippen LogP contribution >= 0.6 is 11.8 Å². The van der Waals surface area contributed by atoms with Crippen LogP contribution in [0, 0.1) is 5.82 Å². The molecule has 0 spiro atoms. The van der Waals surface area contributed by atoms with Crippen molar-refractivity contribution >= 4 is 29.0 Å². The van der Waals surface area contributed by atoms with Gasteiger partial charge in [0.05, 0.1) is 16.6 Å². The topological polar surface area (TPSA) is 55.1 Å². The van der Waals surface area contributed by atoms with Crippen LogP contribution in [0.5, 0.6) is 0 Å². The minimum absolute atomic E-state index is 0.141. The lowest BCUT2D eigenvalue weighted by Gasteiger charge is -2.13. The summed E-state index contributed by atoms with van der Waals surface area (Å²) in [6, 6.07) is 13.2. The highest BCUT2D eigenvalue weighted by Crippen LogP contribution is 2.25. The van der Waals surface area contributed by atoms with Crippen LogP contribution in [-0.2, 0) is 4.79 Å². The van der Waals surface area contributed by atoms with Gasteiger partial charge in [-0.2, -0.15) is 0 Å². The van der Waals surface area contributed by atoms with Crippen LogP contribution in [0.15, 0.2) is 53.4 Å². The fourth-order valence-corrected chi connectivity index (χ4v) is 2.48. The van der Waals surface area contributed by atoms with Crippen LogP contribution < -0.4 is 11.1 Å². The second-order valence-corrected chi connectivity index (χ2v) is 5.70. The summed E-state index contributed by atoms with van der Waals surface area (Å²) in [5.74, 6) is -0.430. The number of carbonyl (C=O) groups is 1. The Morgan fingerprint density at radius 1 is 1.20 bits per heavy atom. The van der Waals surface area contributed by atoms with Crippen LogP contribution in [0.3, 0.4) is 0 Å². The first-order chi connectivity index (χ1) is 9.56. The lowest BCUT2D eigenvalue weighted by Crippen LogP contribution is -2.22. The van der Waals surface area contributed by atoms with Crippen molar-refractivity contribution in [1.29, 1.82) is 0 Å². The molecule has 104 valence electrons. The average Bonchev–Trinajstić information content (AvgIpc) is 2.44. The largest absolute Gasteiger partial charge is 0.397 e. The van der Waals surface area contributed by atoms with E-state index in [1.807, 2.05) is 12.1 Å². The number of nitrogens with two attached hydrogens (primary N) is 1. The molecule has 1 amide bonds. The standard InChI is InChI=1S/C15H15FN2OS/c1-10(20-12-8-6-11(16)7-9-12)15(19)18-14-5-3-2-4-13(14)17/h2-10H,17H2,1H3,(H,18,19). The van der Waals surface area contributed by atoms with Gasteiger partial charge in [-0.25, -0.2) is 4.39 Å². The van der Waals surface area contributed by atoms with Gasteiger partial charge in [0, 0.05) is 4.90 Å². The number of carbonyl (C=O) groups excluding carboxylic acids is 1. The summed E-state index contributed by atoms with van der Waals surface area (Å²) in [4.78, 5) is 12.9. The first-order valence-electron chi connectivity index (χ1n) is 6.14. The zero-order valence-electron chi connectivity index (χ0n) is 11.0. The Bertz CT molecular complexity index is 601. The monoisotopic (exact) mass is 290 g/mol. The summed E-state index contributed by atoms with van der Waals surface area (Å²) in [6.45, 7) is 1.79. The third-order valence-electron chi connectivity index (χ3n) is 2.71. The molecule has 20 heavy (non-hydrogen) atoms. The summed E-state index contributed by atoms with van der Waals surface area (Å²) in [5, 5.41) is 2.48. The molecule has 2 rings (SSSR count). The molecule has 0 saturated heterocycles. The van der Waals surface area contributed by atoms with Gasteiger partial charge in [0.1, 0.15) is 5.82 Å². The molecular weight excluding hydrogens is 275 g/mol. The van der Waals surface area contributed by atoms with E-state index >= 15 is 0 Å². The molecule has 0 radical (unpaired) electrons. The van der Waals surface area contributed by atoms with Crippen LogP contribution in [-0.4, -0.2) is 11.2 Å². The lowest BCUT2D eigenvalue weighted by atomic mass is 10.2. The van der Waals surface area contributed by atoms with Gasteiger partial charge in [-0.1, -0.05) is 12.1 Å². The van der Waals surface area contributed by atoms with Gasteiger partial charge < -0.3 is 11.1 Å². The third kappa shape index (κ3) is 3.74. The average molecular weight is 290 g/mol. The normalized spacial score (nSPS) is 11.9. The minimum Gasteiger partial charge on any atom is -0.397 e. The van der Waals surface area contributed by atoms with Crippen LogP contribution in [0.2, 0.25) is 0 Å². The Labute approximate surface area is 121 Å². The number of hydrogen-bond donors (Lipinski definition) is 2.